The molecular formula is C46H61Cl2N13O5S2. The molecule has 68 heavy (non-hydrogen) atoms. The van der Waals surface area contributed by atoms with Gasteiger partial charge in [0.25, 0.3) is 0 Å². The lowest BCUT2D eigenvalue weighted by Crippen LogP contribution is -2.60. The van der Waals surface area contributed by atoms with Crippen LogP contribution in [0.1, 0.15) is 66.9 Å². The number of piperidine rings is 2. The van der Waals surface area contributed by atoms with Crippen molar-refractivity contribution in [3.8, 4) is 6.07 Å². The van der Waals surface area contributed by atoms with Crippen molar-refractivity contribution in [2.45, 2.75) is 78.9 Å². The third kappa shape index (κ3) is 11.5. The van der Waals surface area contributed by atoms with E-state index in [1.807, 2.05) is 50.4 Å². The fourth-order valence-electron chi connectivity index (χ4n) is 9.95. The van der Waals surface area contributed by atoms with Gasteiger partial charge in [-0.3, -0.25) is 20.1 Å². The second-order valence-corrected chi connectivity index (χ2v) is 24.7. The maximum absolute atomic E-state index is 12.0. The molecule has 3 aliphatic heterocycles. The second-order valence-electron chi connectivity index (χ2n) is 20.1. The van der Waals surface area contributed by atoms with Crippen LogP contribution in [0.2, 0.25) is 10.0 Å². The van der Waals surface area contributed by atoms with Gasteiger partial charge in [-0.25, -0.2) is 21.6 Å². The molecular weight excluding hydrogens is 950 g/mol. The third-order valence-electron chi connectivity index (χ3n) is 13.1. The van der Waals surface area contributed by atoms with E-state index >= 15 is 0 Å². The first kappa shape index (κ1) is 50.7. The molecule has 6 heterocycles. The number of carbonyl (C=O) groups excluding carboxylic acids is 1. The molecule has 3 aromatic heterocycles. The maximum Gasteiger partial charge on any atom is 0.217 e. The van der Waals surface area contributed by atoms with Crippen LogP contribution in [0.4, 0.5) is 17.1 Å². The second kappa shape index (κ2) is 19.3. The van der Waals surface area contributed by atoms with Crippen LogP contribution in [0, 0.1) is 22.2 Å². The summed E-state index contributed by atoms with van der Waals surface area (Å²) >= 11 is 12.5. The Bertz CT molecular complexity index is 3090. The molecule has 1 amide bonds. The van der Waals surface area contributed by atoms with E-state index in [1.54, 1.807) is 25.4 Å². The lowest BCUT2D eigenvalue weighted by atomic mass is 9.78. The number of amides is 1. The SMILES string of the molecule is CC(=O)NC1CCN(c2cc(Cl)cc3[nH]ncc23)CC1(C)C.CC1(C)CN(c2cc(C#N)cc3[nH]ncc23)CCN1S(C)(=O)=O.CC1(C)CN(c2cc(Cl)cc3[nH]ncc23)CCC1NS(C)(=O)=O. The van der Waals surface area contributed by atoms with Crippen LogP contribution in [0.5, 0.6) is 0 Å². The molecule has 3 fully saturated rings. The number of benzene rings is 3. The summed E-state index contributed by atoms with van der Waals surface area (Å²) < 4.78 is 51.4. The quantitative estimate of drug-likeness (QED) is 0.114. The Balaban J connectivity index is 0.000000151. The molecule has 3 saturated heterocycles. The van der Waals surface area contributed by atoms with Crippen LogP contribution in [0.25, 0.3) is 32.7 Å². The lowest BCUT2D eigenvalue weighted by Gasteiger charge is -2.46. The molecule has 0 bridgehead atoms. The number of nitrogens with one attached hydrogen (secondary N) is 5. The number of nitrogens with zero attached hydrogens (tertiary/aromatic N) is 8. The zero-order chi connectivity index (χ0) is 49.6. The van der Waals surface area contributed by atoms with Crippen molar-refractivity contribution in [3.05, 3.63) is 70.6 Å². The highest BCUT2D eigenvalue weighted by Crippen LogP contribution is 2.39. The minimum absolute atomic E-state index is 0.0116. The number of halogens is 2. The van der Waals surface area contributed by atoms with Crippen LogP contribution in [0.3, 0.4) is 0 Å². The molecule has 9 rings (SSSR count). The molecule has 366 valence electrons. The summed E-state index contributed by atoms with van der Waals surface area (Å²) in [6.07, 6.45) is 9.49. The van der Waals surface area contributed by atoms with Gasteiger partial charge in [0.15, 0.2) is 0 Å². The maximum atomic E-state index is 12.0. The molecule has 18 nitrogen and oxygen atoms in total. The van der Waals surface area contributed by atoms with E-state index in [4.69, 9.17) is 23.2 Å². The molecule has 0 aliphatic carbocycles. The summed E-state index contributed by atoms with van der Waals surface area (Å²) in [5.74, 6) is 0.0338. The highest BCUT2D eigenvalue weighted by molar-refractivity contribution is 7.88. The first-order chi connectivity index (χ1) is 31.7. The summed E-state index contributed by atoms with van der Waals surface area (Å²) in [7, 11) is -6.46. The first-order valence-corrected chi connectivity index (χ1v) is 26.8. The predicted octanol–water partition coefficient (Wildman–Crippen LogP) is 6.62. The molecule has 0 radical (unpaired) electrons. The first-order valence-electron chi connectivity index (χ1n) is 22.3. The zero-order valence-electron chi connectivity index (χ0n) is 39.9. The summed E-state index contributed by atoms with van der Waals surface area (Å²) in [4.78, 5) is 18.1. The number of H-pyrrole nitrogens is 3. The van der Waals surface area contributed by atoms with Gasteiger partial charge in [-0.1, -0.05) is 50.9 Å². The number of piperazine rings is 1. The van der Waals surface area contributed by atoms with Gasteiger partial charge in [0.05, 0.1) is 59.3 Å². The molecule has 0 spiro atoms. The number of hydrogen-bond donors (Lipinski definition) is 5. The van der Waals surface area contributed by atoms with Crippen molar-refractivity contribution in [2.24, 2.45) is 10.8 Å². The Hall–Kier alpha value is -5.17. The lowest BCUT2D eigenvalue weighted by molar-refractivity contribution is -0.120. The average molecular weight is 1010 g/mol. The van der Waals surface area contributed by atoms with Crippen LogP contribution in [0.15, 0.2) is 55.0 Å². The highest BCUT2D eigenvalue weighted by Gasteiger charge is 2.41. The van der Waals surface area contributed by atoms with E-state index < -0.39 is 25.6 Å². The van der Waals surface area contributed by atoms with Gasteiger partial charge in [0, 0.05) is 119 Å². The van der Waals surface area contributed by atoms with Crippen LogP contribution < -0.4 is 24.7 Å². The number of rotatable bonds is 7. The van der Waals surface area contributed by atoms with E-state index in [0.29, 0.717) is 35.2 Å². The van der Waals surface area contributed by atoms with Crippen molar-refractivity contribution < 1.29 is 21.6 Å². The largest absolute Gasteiger partial charge is 0.370 e. The molecule has 3 aromatic carbocycles. The topological polar surface area (TPSA) is 232 Å². The molecule has 2 unspecified atom stereocenters. The van der Waals surface area contributed by atoms with Crippen molar-refractivity contribution in [2.75, 3.05) is 73.0 Å². The number of aromatic amines is 3. The standard InChI is InChI=1S/C16H21ClN4O.C15H21ClN4O2S.C15H19N5O2S/c1-10(22)19-15-4-5-21(9-16(15,2)3)14-7-11(17)6-13-12(14)8-18-20-13;1-15(2)9-20(5-4-14(15)19-23(3,21)22)13-7-10(16)6-12-11(13)8-17-18-12;1-15(2)10-19(4-5-20(15)23(3,21)22)14-7-11(8-16)6-13-12(14)9-17-18-13/h6-8,15H,4-5,9H2,1-3H3,(H,18,20)(H,19,22);6-8,14,19H,4-5,9H2,1-3H3,(H,17,18);6-7,9H,4-5,10H2,1-3H3,(H,17,18). The van der Waals surface area contributed by atoms with E-state index in [2.05, 4.69) is 89.1 Å². The highest BCUT2D eigenvalue weighted by atomic mass is 35.5. The van der Waals surface area contributed by atoms with Crippen molar-refractivity contribution in [3.63, 3.8) is 0 Å². The smallest absolute Gasteiger partial charge is 0.217 e. The van der Waals surface area contributed by atoms with E-state index in [1.165, 1.54) is 16.8 Å². The van der Waals surface area contributed by atoms with Crippen LogP contribution in [-0.2, 0) is 24.8 Å². The van der Waals surface area contributed by atoms with Gasteiger partial charge >= 0.3 is 0 Å². The number of aromatic nitrogens is 6. The predicted molar refractivity (Wildman–Crippen MR) is 271 cm³/mol. The van der Waals surface area contributed by atoms with Gasteiger partial charge in [-0.2, -0.15) is 24.9 Å². The number of carbonyl (C=O) groups is 1. The molecule has 2 atom stereocenters. The Morgan fingerprint density at radius 3 is 1.53 bits per heavy atom. The zero-order valence-corrected chi connectivity index (χ0v) is 43.1. The van der Waals surface area contributed by atoms with Crippen molar-refractivity contribution >= 4 is 98.9 Å². The van der Waals surface area contributed by atoms with Crippen molar-refractivity contribution in [1.29, 1.82) is 5.26 Å². The van der Waals surface area contributed by atoms with E-state index in [-0.39, 0.29) is 28.8 Å². The Morgan fingerprint density at radius 1 is 0.676 bits per heavy atom. The Labute approximate surface area is 408 Å². The van der Waals surface area contributed by atoms with Crippen LogP contribution in [-0.4, -0.2) is 134 Å². The van der Waals surface area contributed by atoms with Crippen LogP contribution >= 0.6 is 23.2 Å². The minimum atomic E-state index is -3.25. The van der Waals surface area contributed by atoms with Gasteiger partial charge < -0.3 is 20.0 Å². The average Bonchev–Trinajstić information content (AvgIpc) is 4.02. The minimum Gasteiger partial charge on any atom is -0.370 e. The molecule has 5 N–H and O–H groups in total. The van der Waals surface area contributed by atoms with E-state index in [9.17, 15) is 26.9 Å². The molecule has 22 heteroatoms. The normalized spacial score (nSPS) is 20.6. The van der Waals surface area contributed by atoms with Gasteiger partial charge in [-0.15, -0.1) is 0 Å². The fraction of sp³-hybridized carbons (Fsp3) is 0.500. The molecule has 6 aromatic rings. The summed E-state index contributed by atoms with van der Waals surface area (Å²) in [6.45, 7) is 18.7. The third-order valence-corrected chi connectivity index (χ3v) is 15.7. The number of fused-ring (bicyclic) bond motifs is 3. The Morgan fingerprint density at radius 2 is 1.12 bits per heavy atom. The monoisotopic (exact) mass is 1010 g/mol. The summed E-state index contributed by atoms with van der Waals surface area (Å²) in [5.41, 5.74) is 5.53. The number of nitriles is 1. The van der Waals surface area contributed by atoms with Gasteiger partial charge in [0.2, 0.25) is 26.0 Å². The number of anilines is 3. The summed E-state index contributed by atoms with van der Waals surface area (Å²) in [6, 6.07) is 13.6. The van der Waals surface area contributed by atoms with Gasteiger partial charge in [0.1, 0.15) is 0 Å². The van der Waals surface area contributed by atoms with Gasteiger partial charge in [-0.05, 0) is 68.5 Å². The molecule has 3 aliphatic rings. The Kier molecular flexibility index (Phi) is 14.4. The fourth-order valence-corrected chi connectivity index (χ4v) is 12.7. The summed E-state index contributed by atoms with van der Waals surface area (Å²) in [5, 5.41) is 37.8. The number of hydrogen-bond acceptors (Lipinski definition) is 12. The van der Waals surface area contributed by atoms with E-state index in [0.717, 1.165) is 88.8 Å². The number of sulfonamides is 2. The molecule has 0 saturated carbocycles. The van der Waals surface area contributed by atoms with Crippen molar-refractivity contribution in [1.82, 2.24) is 44.9 Å².